The zero-order valence-corrected chi connectivity index (χ0v) is 16.5. The standard InChI is InChI=1S/C19H22N2O5S/c1-12(2)26-19(23)14-6-5-9-20-18(14)27-11-17(22)21-15-10-13(24-3)7-8-16(15)25-4/h5-10,12H,11H2,1-4H3,(H,21,22). The van der Waals surface area contributed by atoms with Crippen LogP contribution in [0.2, 0.25) is 0 Å². The van der Waals surface area contributed by atoms with Crippen LogP contribution in [0.15, 0.2) is 41.6 Å². The van der Waals surface area contributed by atoms with Crippen LogP contribution in [0.1, 0.15) is 24.2 Å². The number of aromatic nitrogens is 1. The van der Waals surface area contributed by atoms with E-state index in [1.165, 1.54) is 7.11 Å². The SMILES string of the molecule is COc1ccc(OC)c(NC(=O)CSc2ncccc2C(=O)OC(C)C)c1. The maximum Gasteiger partial charge on any atom is 0.341 e. The molecule has 0 atom stereocenters. The van der Waals surface area contributed by atoms with Crippen molar-refractivity contribution in [2.75, 3.05) is 25.3 Å². The lowest BCUT2D eigenvalue weighted by molar-refractivity contribution is -0.113. The van der Waals surface area contributed by atoms with Crippen molar-refractivity contribution in [3.63, 3.8) is 0 Å². The van der Waals surface area contributed by atoms with Gasteiger partial charge in [0.05, 0.1) is 37.3 Å². The summed E-state index contributed by atoms with van der Waals surface area (Å²) in [6.07, 6.45) is 1.33. The molecule has 1 aromatic carbocycles. The molecule has 144 valence electrons. The first kappa shape index (κ1) is 20.6. The van der Waals surface area contributed by atoms with E-state index in [2.05, 4.69) is 10.3 Å². The van der Waals surface area contributed by atoms with E-state index in [9.17, 15) is 9.59 Å². The normalized spacial score (nSPS) is 10.4. The Morgan fingerprint density at radius 1 is 1.19 bits per heavy atom. The van der Waals surface area contributed by atoms with Crippen LogP contribution in [0.25, 0.3) is 0 Å². The quantitative estimate of drug-likeness (QED) is 0.546. The molecule has 8 heteroatoms. The van der Waals surface area contributed by atoms with Crippen molar-refractivity contribution in [2.45, 2.75) is 25.0 Å². The minimum atomic E-state index is -0.463. The summed E-state index contributed by atoms with van der Waals surface area (Å²) in [4.78, 5) is 28.7. The highest BCUT2D eigenvalue weighted by molar-refractivity contribution is 8.00. The van der Waals surface area contributed by atoms with Crippen molar-refractivity contribution in [1.82, 2.24) is 4.98 Å². The van der Waals surface area contributed by atoms with Crippen LogP contribution in [0.5, 0.6) is 11.5 Å². The van der Waals surface area contributed by atoms with E-state index in [1.54, 1.807) is 57.5 Å². The number of benzene rings is 1. The Morgan fingerprint density at radius 2 is 1.96 bits per heavy atom. The van der Waals surface area contributed by atoms with Crippen molar-refractivity contribution in [1.29, 1.82) is 0 Å². The van der Waals surface area contributed by atoms with Crippen LogP contribution < -0.4 is 14.8 Å². The average Bonchev–Trinajstić information content (AvgIpc) is 2.66. The van der Waals surface area contributed by atoms with Crippen LogP contribution in [-0.2, 0) is 9.53 Å². The van der Waals surface area contributed by atoms with E-state index in [0.717, 1.165) is 11.8 Å². The molecule has 0 aliphatic carbocycles. The van der Waals surface area contributed by atoms with Gasteiger partial charge >= 0.3 is 5.97 Å². The maximum atomic E-state index is 12.3. The number of hydrogen-bond acceptors (Lipinski definition) is 7. The molecule has 0 saturated heterocycles. The Labute approximate surface area is 162 Å². The summed E-state index contributed by atoms with van der Waals surface area (Å²) in [5.41, 5.74) is 0.839. The van der Waals surface area contributed by atoms with Crippen LogP contribution in [0.3, 0.4) is 0 Å². The third-order valence-corrected chi connectivity index (χ3v) is 4.36. The highest BCUT2D eigenvalue weighted by Gasteiger charge is 2.17. The van der Waals surface area contributed by atoms with Gasteiger partial charge in [0.2, 0.25) is 5.91 Å². The second-order valence-corrected chi connectivity index (χ2v) is 6.68. The molecule has 0 radical (unpaired) electrons. The topological polar surface area (TPSA) is 86.8 Å². The van der Waals surface area contributed by atoms with E-state index in [0.29, 0.717) is 27.8 Å². The first-order valence-electron chi connectivity index (χ1n) is 8.25. The molecule has 2 aromatic rings. The molecule has 27 heavy (non-hydrogen) atoms. The molecule has 2 rings (SSSR count). The van der Waals surface area contributed by atoms with Gasteiger partial charge in [-0.2, -0.15) is 0 Å². The molecule has 7 nitrogen and oxygen atoms in total. The highest BCUT2D eigenvalue weighted by Crippen LogP contribution is 2.29. The Hall–Kier alpha value is -2.74. The van der Waals surface area contributed by atoms with Gasteiger partial charge in [-0.15, -0.1) is 0 Å². The van der Waals surface area contributed by atoms with Gasteiger partial charge in [-0.1, -0.05) is 11.8 Å². The van der Waals surface area contributed by atoms with Gasteiger partial charge < -0.3 is 19.5 Å². The second-order valence-electron chi connectivity index (χ2n) is 5.71. The number of amides is 1. The molecule has 0 bridgehead atoms. The number of nitrogens with one attached hydrogen (secondary N) is 1. The summed E-state index contributed by atoms with van der Waals surface area (Å²) in [5, 5.41) is 3.22. The molecule has 0 aliphatic heterocycles. The smallest absolute Gasteiger partial charge is 0.341 e. The largest absolute Gasteiger partial charge is 0.497 e. The predicted octanol–water partition coefficient (Wildman–Crippen LogP) is 3.39. The number of thioether (sulfide) groups is 1. The number of carbonyl (C=O) groups is 2. The second kappa shape index (κ2) is 9.82. The van der Waals surface area contributed by atoms with E-state index >= 15 is 0 Å². The third-order valence-electron chi connectivity index (χ3n) is 3.35. The number of hydrogen-bond donors (Lipinski definition) is 1. The molecule has 1 aromatic heterocycles. The predicted molar refractivity (Wildman–Crippen MR) is 104 cm³/mol. The lowest BCUT2D eigenvalue weighted by atomic mass is 10.2. The van der Waals surface area contributed by atoms with Crippen LogP contribution in [-0.4, -0.2) is 42.9 Å². The van der Waals surface area contributed by atoms with Gasteiger partial charge in [-0.25, -0.2) is 9.78 Å². The molecular weight excluding hydrogens is 368 g/mol. The molecule has 0 fully saturated rings. The van der Waals surface area contributed by atoms with Crippen molar-refractivity contribution >= 4 is 29.3 Å². The van der Waals surface area contributed by atoms with Crippen LogP contribution >= 0.6 is 11.8 Å². The highest BCUT2D eigenvalue weighted by atomic mass is 32.2. The van der Waals surface area contributed by atoms with Crippen molar-refractivity contribution in [2.24, 2.45) is 0 Å². The number of anilines is 1. The van der Waals surface area contributed by atoms with Gasteiger partial charge in [0, 0.05) is 12.3 Å². The van der Waals surface area contributed by atoms with E-state index in [-0.39, 0.29) is 17.8 Å². The Balaban J connectivity index is 2.05. The fraction of sp³-hybridized carbons (Fsp3) is 0.316. The number of pyridine rings is 1. The summed E-state index contributed by atoms with van der Waals surface area (Å²) in [6, 6.07) is 8.41. The van der Waals surface area contributed by atoms with E-state index in [1.807, 2.05) is 0 Å². The number of methoxy groups -OCH3 is 2. The zero-order valence-electron chi connectivity index (χ0n) is 15.6. The summed E-state index contributed by atoms with van der Waals surface area (Å²) < 4.78 is 15.6. The number of rotatable bonds is 8. The van der Waals surface area contributed by atoms with Crippen molar-refractivity contribution in [3.8, 4) is 11.5 Å². The Morgan fingerprint density at radius 3 is 2.63 bits per heavy atom. The first-order valence-corrected chi connectivity index (χ1v) is 9.23. The molecule has 1 N–H and O–H groups in total. The van der Waals surface area contributed by atoms with Crippen LogP contribution in [0, 0.1) is 0 Å². The summed E-state index contributed by atoms with van der Waals surface area (Å²) in [7, 11) is 3.06. The number of nitrogens with zero attached hydrogens (tertiary/aromatic N) is 1. The van der Waals surface area contributed by atoms with E-state index < -0.39 is 5.97 Å². The van der Waals surface area contributed by atoms with Gasteiger partial charge in [-0.05, 0) is 38.1 Å². The maximum absolute atomic E-state index is 12.3. The molecule has 0 spiro atoms. The van der Waals surface area contributed by atoms with Gasteiger partial charge in [0.25, 0.3) is 0 Å². The molecule has 0 saturated carbocycles. The molecule has 1 heterocycles. The zero-order chi connectivity index (χ0) is 19.8. The number of ether oxygens (including phenoxy) is 3. The number of esters is 1. The molecule has 1 amide bonds. The molecule has 0 aliphatic rings. The van der Waals surface area contributed by atoms with E-state index in [4.69, 9.17) is 14.2 Å². The van der Waals surface area contributed by atoms with Crippen LogP contribution in [0.4, 0.5) is 5.69 Å². The minimum absolute atomic E-state index is 0.0688. The molecular formula is C19H22N2O5S. The summed E-state index contributed by atoms with van der Waals surface area (Å²) >= 11 is 1.16. The van der Waals surface area contributed by atoms with Crippen molar-refractivity contribution in [3.05, 3.63) is 42.1 Å². The van der Waals surface area contributed by atoms with Crippen molar-refractivity contribution < 1.29 is 23.8 Å². The minimum Gasteiger partial charge on any atom is -0.497 e. The lowest BCUT2D eigenvalue weighted by Crippen LogP contribution is -2.16. The summed E-state index contributed by atoms with van der Waals surface area (Å²) in [6.45, 7) is 3.55. The monoisotopic (exact) mass is 390 g/mol. The van der Waals surface area contributed by atoms with Gasteiger partial charge in [0.15, 0.2) is 0 Å². The lowest BCUT2D eigenvalue weighted by Gasteiger charge is -2.12. The fourth-order valence-electron chi connectivity index (χ4n) is 2.17. The van der Waals surface area contributed by atoms with Gasteiger partial charge in [0.1, 0.15) is 16.5 Å². The number of carbonyl (C=O) groups excluding carboxylic acids is 2. The van der Waals surface area contributed by atoms with Gasteiger partial charge in [-0.3, -0.25) is 4.79 Å². The average molecular weight is 390 g/mol. The fourth-order valence-corrected chi connectivity index (χ4v) is 2.95. The summed E-state index contributed by atoms with van der Waals surface area (Å²) in [5.74, 6) is 0.463. The first-order chi connectivity index (χ1) is 12.9. The Bertz CT molecular complexity index is 810. The molecule has 0 unspecified atom stereocenters. The third kappa shape index (κ3) is 5.89. The Kier molecular flexibility index (Phi) is 7.48.